The van der Waals surface area contributed by atoms with E-state index in [-0.39, 0.29) is 37.5 Å². The number of aliphatic hydroxyl groups excluding tert-OH is 1. The number of carbonyl (C=O) groups is 2. The highest BCUT2D eigenvalue weighted by Crippen LogP contribution is 2.33. The van der Waals surface area contributed by atoms with Gasteiger partial charge < -0.3 is 14.7 Å². The summed E-state index contributed by atoms with van der Waals surface area (Å²) >= 11 is 0. The maximum atomic E-state index is 13.1. The lowest BCUT2D eigenvalue weighted by Gasteiger charge is -2.25. The first-order valence-electron chi connectivity index (χ1n) is 9.15. The minimum atomic E-state index is -4.52. The largest absolute Gasteiger partial charge is 0.460 e. The van der Waals surface area contributed by atoms with E-state index in [4.69, 9.17) is 9.84 Å². The summed E-state index contributed by atoms with van der Waals surface area (Å²) in [5.41, 5.74) is -1.34. The number of amides is 1. The fourth-order valence-electron chi connectivity index (χ4n) is 2.78. The monoisotopic (exact) mass is 403 g/mol. The second-order valence-electron chi connectivity index (χ2n) is 7.51. The van der Waals surface area contributed by atoms with Gasteiger partial charge in [0.25, 0.3) is 0 Å². The molecule has 8 heteroatoms. The maximum absolute atomic E-state index is 13.1. The number of nitrogens with zero attached hydrogens (tertiary/aromatic N) is 1. The van der Waals surface area contributed by atoms with E-state index in [9.17, 15) is 22.8 Å². The molecule has 1 rings (SSSR count). The summed E-state index contributed by atoms with van der Waals surface area (Å²) in [5, 5.41) is 9.07. The number of benzene rings is 1. The van der Waals surface area contributed by atoms with Gasteiger partial charge in [0.05, 0.1) is 18.6 Å². The normalized spacial score (nSPS) is 13.1. The van der Waals surface area contributed by atoms with Crippen LogP contribution in [0.15, 0.2) is 24.3 Å². The van der Waals surface area contributed by atoms with Gasteiger partial charge >= 0.3 is 12.1 Å². The van der Waals surface area contributed by atoms with Crippen molar-refractivity contribution in [2.45, 2.75) is 58.2 Å². The van der Waals surface area contributed by atoms with E-state index in [0.717, 1.165) is 12.1 Å². The fraction of sp³-hybridized carbons (Fsp3) is 0.600. The zero-order valence-electron chi connectivity index (χ0n) is 16.7. The van der Waals surface area contributed by atoms with Crippen molar-refractivity contribution in [3.63, 3.8) is 0 Å². The molecule has 0 aliphatic rings. The second kappa shape index (κ2) is 9.91. The van der Waals surface area contributed by atoms with Crippen molar-refractivity contribution in [2.75, 3.05) is 19.7 Å². The quantitative estimate of drug-likeness (QED) is 0.672. The Morgan fingerprint density at radius 2 is 1.82 bits per heavy atom. The molecule has 0 aliphatic carbocycles. The van der Waals surface area contributed by atoms with Crippen LogP contribution < -0.4 is 0 Å². The van der Waals surface area contributed by atoms with Crippen LogP contribution in [-0.4, -0.2) is 47.2 Å². The Morgan fingerprint density at radius 3 is 2.32 bits per heavy atom. The molecule has 0 saturated carbocycles. The van der Waals surface area contributed by atoms with Gasteiger partial charge in [0.1, 0.15) is 5.60 Å². The Morgan fingerprint density at radius 1 is 1.18 bits per heavy atom. The molecule has 0 heterocycles. The molecule has 0 spiro atoms. The number of alkyl halides is 3. The molecule has 1 amide bonds. The Balaban J connectivity index is 3.14. The molecule has 1 aromatic carbocycles. The number of rotatable bonds is 8. The molecule has 1 aromatic rings. The number of carbonyl (C=O) groups excluding carboxylic acids is 2. The first kappa shape index (κ1) is 23.9. The van der Waals surface area contributed by atoms with Gasteiger partial charge in [-0.05, 0) is 39.3 Å². The molecule has 0 aliphatic heterocycles. The average Bonchev–Trinajstić information content (AvgIpc) is 2.56. The van der Waals surface area contributed by atoms with Crippen LogP contribution in [0.5, 0.6) is 0 Å². The van der Waals surface area contributed by atoms with Gasteiger partial charge in [-0.3, -0.25) is 9.59 Å². The van der Waals surface area contributed by atoms with Gasteiger partial charge in [-0.25, -0.2) is 0 Å². The van der Waals surface area contributed by atoms with Crippen molar-refractivity contribution in [1.82, 2.24) is 4.90 Å². The number of likely N-dealkylation sites (N-methyl/N-ethyl adjacent to an activating group) is 1. The van der Waals surface area contributed by atoms with Crippen molar-refractivity contribution in [3.05, 3.63) is 35.4 Å². The lowest BCUT2D eigenvalue weighted by molar-refractivity contribution is -0.155. The topological polar surface area (TPSA) is 66.8 Å². The van der Waals surface area contributed by atoms with E-state index in [2.05, 4.69) is 0 Å². The van der Waals surface area contributed by atoms with E-state index < -0.39 is 29.2 Å². The highest BCUT2D eigenvalue weighted by molar-refractivity contribution is 5.79. The number of esters is 1. The van der Waals surface area contributed by atoms with Crippen molar-refractivity contribution >= 4 is 11.9 Å². The molecule has 0 saturated heterocycles. The molecule has 158 valence electrons. The summed E-state index contributed by atoms with van der Waals surface area (Å²) in [6, 6.07) is 4.64. The summed E-state index contributed by atoms with van der Waals surface area (Å²) in [6.45, 7) is 7.05. The molecule has 0 aromatic heterocycles. The summed E-state index contributed by atoms with van der Waals surface area (Å²) in [5.74, 6) is -1.70. The summed E-state index contributed by atoms with van der Waals surface area (Å²) in [4.78, 5) is 26.2. The van der Waals surface area contributed by atoms with Crippen LogP contribution in [-0.2, 0) is 20.5 Å². The van der Waals surface area contributed by atoms with E-state index in [1.807, 2.05) is 0 Å². The third-order valence-corrected chi connectivity index (χ3v) is 4.04. The van der Waals surface area contributed by atoms with E-state index in [1.54, 1.807) is 27.7 Å². The summed E-state index contributed by atoms with van der Waals surface area (Å²) in [7, 11) is 0. The van der Waals surface area contributed by atoms with Crippen molar-refractivity contribution < 1.29 is 32.6 Å². The first-order valence-corrected chi connectivity index (χ1v) is 9.15. The van der Waals surface area contributed by atoms with E-state index in [0.29, 0.717) is 6.54 Å². The van der Waals surface area contributed by atoms with Crippen LogP contribution >= 0.6 is 0 Å². The molecular weight excluding hydrogens is 375 g/mol. The Kier molecular flexibility index (Phi) is 8.48. The van der Waals surface area contributed by atoms with Gasteiger partial charge in [0, 0.05) is 25.4 Å². The smallest absolute Gasteiger partial charge is 0.416 e. The second-order valence-corrected chi connectivity index (χ2v) is 7.51. The first-order chi connectivity index (χ1) is 12.9. The predicted molar refractivity (Wildman–Crippen MR) is 98.6 cm³/mol. The minimum Gasteiger partial charge on any atom is -0.460 e. The highest BCUT2D eigenvalue weighted by Gasteiger charge is 2.32. The van der Waals surface area contributed by atoms with E-state index >= 15 is 0 Å². The summed E-state index contributed by atoms with van der Waals surface area (Å²) in [6.07, 6.45) is -4.90. The van der Waals surface area contributed by atoms with Crippen molar-refractivity contribution in [2.24, 2.45) is 0 Å². The number of ether oxygens (including phenoxy) is 1. The summed E-state index contributed by atoms with van der Waals surface area (Å²) < 4.78 is 44.5. The molecular formula is C20H28F3NO4. The number of halogens is 3. The van der Waals surface area contributed by atoms with Crippen molar-refractivity contribution in [1.29, 1.82) is 0 Å². The molecule has 28 heavy (non-hydrogen) atoms. The lowest BCUT2D eigenvalue weighted by Crippen LogP contribution is -2.34. The number of aliphatic hydroxyl groups is 1. The third-order valence-electron chi connectivity index (χ3n) is 4.04. The minimum absolute atomic E-state index is 0.122. The standard InChI is InChI=1S/C20H28F3NO4/c1-5-24(9-10-25)17(26)12-15(13-18(27)28-19(2,3)4)14-7-6-8-16(11-14)20(21,22)23/h6-8,11,15,25H,5,9-10,12-13H2,1-4H3. The predicted octanol–water partition coefficient (Wildman–Crippen LogP) is 3.75. The van der Waals surface area contributed by atoms with Crippen molar-refractivity contribution in [3.8, 4) is 0 Å². The molecule has 1 N–H and O–H groups in total. The van der Waals surface area contributed by atoms with Crippen LogP contribution in [0.4, 0.5) is 13.2 Å². The Bertz CT molecular complexity index is 668. The molecule has 0 radical (unpaired) electrons. The Labute approximate surface area is 163 Å². The Hall–Kier alpha value is -2.09. The molecule has 1 atom stereocenters. The van der Waals surface area contributed by atoms with Gasteiger partial charge in [-0.15, -0.1) is 0 Å². The van der Waals surface area contributed by atoms with Crippen LogP contribution in [0.1, 0.15) is 57.6 Å². The van der Waals surface area contributed by atoms with Crippen LogP contribution in [0.25, 0.3) is 0 Å². The maximum Gasteiger partial charge on any atom is 0.416 e. The van der Waals surface area contributed by atoms with Gasteiger partial charge in [0.15, 0.2) is 0 Å². The molecule has 5 nitrogen and oxygen atoms in total. The van der Waals surface area contributed by atoms with Crippen LogP contribution in [0.2, 0.25) is 0 Å². The zero-order chi connectivity index (χ0) is 21.5. The number of hydrogen-bond acceptors (Lipinski definition) is 4. The average molecular weight is 403 g/mol. The SMILES string of the molecule is CCN(CCO)C(=O)CC(CC(=O)OC(C)(C)C)c1cccc(C(F)(F)F)c1. The molecule has 0 fully saturated rings. The van der Waals surface area contributed by atoms with Crippen LogP contribution in [0, 0.1) is 0 Å². The fourth-order valence-corrected chi connectivity index (χ4v) is 2.78. The third kappa shape index (κ3) is 7.88. The van der Waals surface area contributed by atoms with Gasteiger partial charge in [-0.2, -0.15) is 13.2 Å². The van der Waals surface area contributed by atoms with Gasteiger partial charge in [0.2, 0.25) is 5.91 Å². The molecule has 0 bridgehead atoms. The van der Waals surface area contributed by atoms with E-state index in [1.165, 1.54) is 17.0 Å². The molecule has 1 unspecified atom stereocenters. The zero-order valence-corrected chi connectivity index (χ0v) is 16.7. The number of hydrogen-bond donors (Lipinski definition) is 1. The highest BCUT2D eigenvalue weighted by atomic mass is 19.4. The lowest BCUT2D eigenvalue weighted by atomic mass is 9.90. The van der Waals surface area contributed by atoms with Crippen LogP contribution in [0.3, 0.4) is 0 Å². The van der Waals surface area contributed by atoms with Gasteiger partial charge in [-0.1, -0.05) is 18.2 Å².